The fraction of sp³-hybridized carbons (Fsp3) is 0.526. The van der Waals surface area contributed by atoms with Gasteiger partial charge in [-0.3, -0.25) is 14.4 Å². The Bertz CT molecular complexity index is 678. The van der Waals surface area contributed by atoms with Crippen molar-refractivity contribution in [1.82, 2.24) is 10.6 Å². The van der Waals surface area contributed by atoms with Gasteiger partial charge >= 0.3 is 0 Å². The van der Waals surface area contributed by atoms with E-state index in [1.807, 2.05) is 12.1 Å². The molecule has 0 aliphatic heterocycles. The molecule has 2 aliphatic rings. The standard InChI is InChI=1S/C19H25N3O3/c20-9-8-18(24)21-13-4-6-14(7-5-13)22-19(25)16-3-1-2-12-10-15(23)11-17(12)16/h1-3,13-14H,4-11,20H2,(H,21,24)(H,22,25). The van der Waals surface area contributed by atoms with Crippen molar-refractivity contribution in [3.8, 4) is 0 Å². The summed E-state index contributed by atoms with van der Waals surface area (Å²) in [6, 6.07) is 5.85. The summed E-state index contributed by atoms with van der Waals surface area (Å²) in [4.78, 5) is 35.9. The molecule has 1 fully saturated rings. The van der Waals surface area contributed by atoms with Crippen molar-refractivity contribution >= 4 is 17.6 Å². The van der Waals surface area contributed by atoms with Gasteiger partial charge in [0.15, 0.2) is 0 Å². The summed E-state index contributed by atoms with van der Waals surface area (Å²) in [7, 11) is 0. The van der Waals surface area contributed by atoms with Gasteiger partial charge in [-0.15, -0.1) is 0 Å². The number of fused-ring (bicyclic) bond motifs is 1. The molecule has 25 heavy (non-hydrogen) atoms. The minimum Gasteiger partial charge on any atom is -0.353 e. The molecule has 2 aliphatic carbocycles. The fourth-order valence-corrected chi connectivity index (χ4v) is 3.77. The largest absolute Gasteiger partial charge is 0.353 e. The molecule has 0 spiro atoms. The number of hydrogen-bond donors (Lipinski definition) is 3. The van der Waals surface area contributed by atoms with Crippen molar-refractivity contribution in [3.63, 3.8) is 0 Å². The Hall–Kier alpha value is -2.21. The first-order chi connectivity index (χ1) is 12.1. The lowest BCUT2D eigenvalue weighted by Gasteiger charge is -2.29. The third-order valence-corrected chi connectivity index (χ3v) is 5.08. The summed E-state index contributed by atoms with van der Waals surface area (Å²) in [5.74, 6) is 0.0747. The number of carbonyl (C=O) groups excluding carboxylic acids is 3. The highest BCUT2D eigenvalue weighted by Crippen LogP contribution is 2.24. The molecule has 134 valence electrons. The van der Waals surface area contributed by atoms with Crippen LogP contribution in [0.3, 0.4) is 0 Å². The molecule has 0 unspecified atom stereocenters. The molecule has 0 aromatic heterocycles. The number of nitrogens with one attached hydrogen (secondary N) is 2. The molecule has 0 saturated heterocycles. The maximum atomic E-state index is 12.6. The smallest absolute Gasteiger partial charge is 0.251 e. The molecule has 1 aromatic carbocycles. The zero-order chi connectivity index (χ0) is 17.8. The second kappa shape index (κ2) is 7.78. The van der Waals surface area contributed by atoms with Gasteiger partial charge in [0.05, 0.1) is 0 Å². The predicted octanol–water partition coefficient (Wildman–Crippen LogP) is 0.860. The van der Waals surface area contributed by atoms with E-state index in [0.29, 0.717) is 31.4 Å². The van der Waals surface area contributed by atoms with Crippen molar-refractivity contribution in [2.75, 3.05) is 6.54 Å². The third kappa shape index (κ3) is 4.25. The van der Waals surface area contributed by atoms with Crippen LogP contribution in [0.1, 0.15) is 53.6 Å². The van der Waals surface area contributed by atoms with Crippen LogP contribution in [0.15, 0.2) is 18.2 Å². The third-order valence-electron chi connectivity index (χ3n) is 5.08. The molecule has 0 radical (unpaired) electrons. The first-order valence-corrected chi connectivity index (χ1v) is 8.99. The molecule has 0 heterocycles. The van der Waals surface area contributed by atoms with Crippen molar-refractivity contribution in [2.45, 2.75) is 57.0 Å². The number of Topliss-reactive ketones (excluding diaryl/α,β-unsaturated/α-hetero) is 1. The zero-order valence-corrected chi connectivity index (χ0v) is 14.3. The van der Waals surface area contributed by atoms with Gasteiger partial charge in [-0.1, -0.05) is 12.1 Å². The first kappa shape index (κ1) is 17.6. The maximum Gasteiger partial charge on any atom is 0.251 e. The van der Waals surface area contributed by atoms with E-state index in [2.05, 4.69) is 10.6 Å². The van der Waals surface area contributed by atoms with E-state index in [0.717, 1.165) is 36.8 Å². The summed E-state index contributed by atoms with van der Waals surface area (Å²) in [6.45, 7) is 0.362. The lowest BCUT2D eigenvalue weighted by molar-refractivity contribution is -0.122. The van der Waals surface area contributed by atoms with Crippen molar-refractivity contribution in [2.24, 2.45) is 5.73 Å². The minimum absolute atomic E-state index is 0.000462. The molecule has 4 N–H and O–H groups in total. The first-order valence-electron chi connectivity index (χ1n) is 8.99. The average molecular weight is 343 g/mol. The van der Waals surface area contributed by atoms with E-state index >= 15 is 0 Å². The highest BCUT2D eigenvalue weighted by molar-refractivity contribution is 6.00. The molecular weight excluding hydrogens is 318 g/mol. The number of hydrogen-bond acceptors (Lipinski definition) is 4. The van der Waals surface area contributed by atoms with Crippen molar-refractivity contribution in [3.05, 3.63) is 34.9 Å². The van der Waals surface area contributed by atoms with E-state index < -0.39 is 0 Å². The van der Waals surface area contributed by atoms with Crippen LogP contribution in [-0.2, 0) is 22.4 Å². The minimum atomic E-state index is -0.0952. The van der Waals surface area contributed by atoms with E-state index in [9.17, 15) is 14.4 Å². The van der Waals surface area contributed by atoms with Crippen LogP contribution in [-0.4, -0.2) is 36.2 Å². The molecule has 6 heteroatoms. The van der Waals surface area contributed by atoms with Gasteiger partial charge in [-0.2, -0.15) is 0 Å². The second-order valence-corrected chi connectivity index (χ2v) is 6.96. The molecule has 3 rings (SSSR count). The van der Waals surface area contributed by atoms with E-state index in [1.54, 1.807) is 6.07 Å². The van der Waals surface area contributed by atoms with Gasteiger partial charge in [0.1, 0.15) is 5.78 Å². The molecule has 6 nitrogen and oxygen atoms in total. The Morgan fingerprint density at radius 2 is 1.72 bits per heavy atom. The second-order valence-electron chi connectivity index (χ2n) is 6.96. The topological polar surface area (TPSA) is 101 Å². The average Bonchev–Trinajstić information content (AvgIpc) is 2.96. The van der Waals surface area contributed by atoms with Gasteiger partial charge in [0, 0.05) is 43.5 Å². The molecule has 1 saturated carbocycles. The summed E-state index contributed by atoms with van der Waals surface area (Å²) in [6.07, 6.45) is 4.54. The highest BCUT2D eigenvalue weighted by atomic mass is 16.2. The Labute approximate surface area is 147 Å². The van der Waals surface area contributed by atoms with Crippen LogP contribution < -0.4 is 16.4 Å². The number of benzene rings is 1. The summed E-state index contributed by atoms with van der Waals surface area (Å²) >= 11 is 0. The van der Waals surface area contributed by atoms with Gasteiger partial charge < -0.3 is 16.4 Å². The Morgan fingerprint density at radius 3 is 2.40 bits per heavy atom. The quantitative estimate of drug-likeness (QED) is 0.738. The van der Waals surface area contributed by atoms with Gasteiger partial charge in [0.2, 0.25) is 5.91 Å². The van der Waals surface area contributed by atoms with Crippen LogP contribution in [0.5, 0.6) is 0 Å². The Kier molecular flexibility index (Phi) is 5.48. The monoisotopic (exact) mass is 343 g/mol. The predicted molar refractivity (Wildman–Crippen MR) is 94.2 cm³/mol. The van der Waals surface area contributed by atoms with Crippen LogP contribution in [0, 0.1) is 0 Å². The van der Waals surface area contributed by atoms with Gasteiger partial charge in [0.25, 0.3) is 5.91 Å². The number of rotatable bonds is 5. The van der Waals surface area contributed by atoms with Crippen LogP contribution in [0.25, 0.3) is 0 Å². The SMILES string of the molecule is NCCC(=O)NC1CCC(NC(=O)c2cccc3c2CC(=O)C3)CC1. The molecule has 0 bridgehead atoms. The van der Waals surface area contributed by atoms with Gasteiger partial charge in [-0.25, -0.2) is 0 Å². The Morgan fingerprint density at radius 1 is 1.04 bits per heavy atom. The maximum absolute atomic E-state index is 12.6. The van der Waals surface area contributed by atoms with E-state index in [-0.39, 0.29) is 29.7 Å². The number of carbonyl (C=O) groups is 3. The Balaban J connectivity index is 1.53. The summed E-state index contributed by atoms with van der Waals surface area (Å²) in [5.41, 5.74) is 7.87. The van der Waals surface area contributed by atoms with E-state index in [1.165, 1.54) is 0 Å². The van der Waals surface area contributed by atoms with Crippen LogP contribution in [0.4, 0.5) is 0 Å². The lowest BCUT2D eigenvalue weighted by Crippen LogP contribution is -2.44. The zero-order valence-electron chi connectivity index (χ0n) is 14.3. The number of nitrogens with two attached hydrogens (primary N) is 1. The molecule has 1 aromatic rings. The molecule has 2 amide bonds. The number of amides is 2. The van der Waals surface area contributed by atoms with Crippen molar-refractivity contribution in [1.29, 1.82) is 0 Å². The van der Waals surface area contributed by atoms with Crippen molar-refractivity contribution < 1.29 is 14.4 Å². The fourth-order valence-electron chi connectivity index (χ4n) is 3.77. The normalized spacial score (nSPS) is 22.4. The van der Waals surface area contributed by atoms with Crippen LogP contribution >= 0.6 is 0 Å². The van der Waals surface area contributed by atoms with E-state index in [4.69, 9.17) is 5.73 Å². The molecular formula is C19H25N3O3. The summed E-state index contributed by atoms with van der Waals surface area (Å²) in [5, 5.41) is 6.09. The lowest BCUT2D eigenvalue weighted by atomic mass is 9.90. The highest BCUT2D eigenvalue weighted by Gasteiger charge is 2.27. The van der Waals surface area contributed by atoms with Gasteiger partial charge in [-0.05, 0) is 42.9 Å². The van der Waals surface area contributed by atoms with Crippen LogP contribution in [0.2, 0.25) is 0 Å². The summed E-state index contributed by atoms with van der Waals surface area (Å²) < 4.78 is 0. The number of ketones is 1. The molecule has 0 atom stereocenters.